The van der Waals surface area contributed by atoms with E-state index < -0.39 is 0 Å². The molecule has 2 aromatic heterocycles. The van der Waals surface area contributed by atoms with Crippen LogP contribution in [0.15, 0.2) is 6.07 Å². The Morgan fingerprint density at radius 2 is 2.06 bits per heavy atom. The lowest BCUT2D eigenvalue weighted by Gasteiger charge is -2.13. The standard InChI is InChI=1S/C10H15N5S/c1-6-5-7-8(14-15(3)4)12-10(11-2)13-9(7)16-6/h5H,1-4H3,(H2,11,12,13,14). The largest absolute Gasteiger partial charge is 0.357 e. The lowest BCUT2D eigenvalue weighted by atomic mass is 10.3. The van der Waals surface area contributed by atoms with E-state index in [1.807, 2.05) is 26.2 Å². The summed E-state index contributed by atoms with van der Waals surface area (Å²) in [7, 11) is 5.69. The molecule has 16 heavy (non-hydrogen) atoms. The Labute approximate surface area is 98.5 Å². The molecule has 2 aromatic rings. The molecule has 0 aliphatic carbocycles. The Balaban J connectivity index is 2.58. The van der Waals surface area contributed by atoms with Crippen molar-refractivity contribution in [1.29, 1.82) is 0 Å². The third kappa shape index (κ3) is 2.07. The van der Waals surface area contributed by atoms with E-state index in [4.69, 9.17) is 0 Å². The van der Waals surface area contributed by atoms with Gasteiger partial charge in [-0.25, -0.2) is 9.99 Å². The fourth-order valence-corrected chi connectivity index (χ4v) is 2.33. The molecule has 0 aromatic carbocycles. The maximum Gasteiger partial charge on any atom is 0.225 e. The van der Waals surface area contributed by atoms with Crippen molar-refractivity contribution >= 4 is 33.3 Å². The Morgan fingerprint density at radius 1 is 1.31 bits per heavy atom. The summed E-state index contributed by atoms with van der Waals surface area (Å²) in [6, 6.07) is 2.10. The summed E-state index contributed by atoms with van der Waals surface area (Å²) in [6.07, 6.45) is 0. The molecule has 0 bridgehead atoms. The van der Waals surface area contributed by atoms with Crippen LogP contribution >= 0.6 is 11.3 Å². The second kappa shape index (κ2) is 4.23. The van der Waals surface area contributed by atoms with E-state index >= 15 is 0 Å². The molecule has 2 rings (SSSR count). The number of fused-ring (bicyclic) bond motifs is 1. The van der Waals surface area contributed by atoms with E-state index in [2.05, 4.69) is 33.7 Å². The van der Waals surface area contributed by atoms with Gasteiger partial charge in [0.1, 0.15) is 4.83 Å². The van der Waals surface area contributed by atoms with Crippen molar-refractivity contribution < 1.29 is 0 Å². The predicted octanol–water partition coefficient (Wildman–Crippen LogP) is 1.93. The van der Waals surface area contributed by atoms with Crippen LogP contribution in [0.3, 0.4) is 0 Å². The fraction of sp³-hybridized carbons (Fsp3) is 0.400. The minimum atomic E-state index is 0.638. The van der Waals surface area contributed by atoms with Crippen molar-refractivity contribution in [3.63, 3.8) is 0 Å². The molecular weight excluding hydrogens is 222 g/mol. The summed E-state index contributed by atoms with van der Waals surface area (Å²) < 4.78 is 0. The van der Waals surface area contributed by atoms with E-state index in [9.17, 15) is 0 Å². The molecule has 6 heteroatoms. The van der Waals surface area contributed by atoms with Gasteiger partial charge in [0.25, 0.3) is 0 Å². The molecule has 0 unspecified atom stereocenters. The molecule has 0 saturated carbocycles. The second-order valence-corrected chi connectivity index (χ2v) is 4.96. The summed E-state index contributed by atoms with van der Waals surface area (Å²) in [4.78, 5) is 11.1. The molecule has 86 valence electrons. The van der Waals surface area contributed by atoms with E-state index in [1.165, 1.54) is 4.88 Å². The number of anilines is 2. The van der Waals surface area contributed by atoms with Crippen LogP contribution in [-0.2, 0) is 0 Å². The zero-order valence-corrected chi connectivity index (χ0v) is 10.6. The third-order valence-corrected chi connectivity index (χ3v) is 3.01. The topological polar surface area (TPSA) is 53.1 Å². The van der Waals surface area contributed by atoms with Crippen molar-refractivity contribution in [3.05, 3.63) is 10.9 Å². The summed E-state index contributed by atoms with van der Waals surface area (Å²) in [5.74, 6) is 1.47. The van der Waals surface area contributed by atoms with Gasteiger partial charge in [-0.3, -0.25) is 0 Å². The van der Waals surface area contributed by atoms with E-state index in [1.54, 1.807) is 11.3 Å². The number of aromatic nitrogens is 2. The molecule has 0 aliphatic heterocycles. The van der Waals surface area contributed by atoms with Crippen LogP contribution in [0.4, 0.5) is 11.8 Å². The van der Waals surface area contributed by atoms with Gasteiger partial charge in [-0.05, 0) is 13.0 Å². The SMILES string of the molecule is CNc1nc(NN(C)C)c2cc(C)sc2n1. The van der Waals surface area contributed by atoms with Crippen LogP contribution in [0.25, 0.3) is 10.2 Å². The maximum absolute atomic E-state index is 4.42. The summed E-state index contributed by atoms with van der Waals surface area (Å²) in [5.41, 5.74) is 3.18. The first-order valence-corrected chi connectivity index (χ1v) is 5.81. The van der Waals surface area contributed by atoms with E-state index in [0.29, 0.717) is 5.95 Å². The minimum absolute atomic E-state index is 0.638. The molecular formula is C10H15N5S. The minimum Gasteiger partial charge on any atom is -0.357 e. The number of rotatable bonds is 3. The zero-order valence-electron chi connectivity index (χ0n) is 9.83. The smallest absolute Gasteiger partial charge is 0.225 e. The average Bonchev–Trinajstić information content (AvgIpc) is 2.57. The first-order chi connectivity index (χ1) is 7.60. The lowest BCUT2D eigenvalue weighted by molar-refractivity contribution is 0.493. The third-order valence-electron chi connectivity index (χ3n) is 2.07. The van der Waals surface area contributed by atoms with Crippen LogP contribution < -0.4 is 10.7 Å². The van der Waals surface area contributed by atoms with Gasteiger partial charge in [0.15, 0.2) is 5.82 Å². The van der Waals surface area contributed by atoms with Gasteiger partial charge in [0, 0.05) is 26.0 Å². The highest BCUT2D eigenvalue weighted by molar-refractivity contribution is 7.18. The predicted molar refractivity (Wildman–Crippen MR) is 69.0 cm³/mol. The average molecular weight is 237 g/mol. The maximum atomic E-state index is 4.42. The summed E-state index contributed by atoms with van der Waals surface area (Å²) in [5, 5.41) is 5.90. The Hall–Kier alpha value is -1.40. The lowest BCUT2D eigenvalue weighted by Crippen LogP contribution is -2.20. The Bertz CT molecular complexity index is 505. The number of hydrazine groups is 1. The van der Waals surface area contributed by atoms with Gasteiger partial charge in [-0.15, -0.1) is 11.3 Å². The quantitative estimate of drug-likeness (QED) is 0.799. The molecule has 2 heterocycles. The van der Waals surface area contributed by atoms with Gasteiger partial charge in [-0.2, -0.15) is 4.98 Å². The van der Waals surface area contributed by atoms with Crippen LogP contribution in [0.1, 0.15) is 4.88 Å². The normalized spacial score (nSPS) is 11.1. The van der Waals surface area contributed by atoms with Crippen molar-refractivity contribution in [2.24, 2.45) is 0 Å². The number of hydrogen-bond donors (Lipinski definition) is 2. The molecule has 0 amide bonds. The number of aryl methyl sites for hydroxylation is 1. The molecule has 0 saturated heterocycles. The highest BCUT2D eigenvalue weighted by Gasteiger charge is 2.10. The second-order valence-electron chi connectivity index (χ2n) is 3.73. The van der Waals surface area contributed by atoms with Crippen LogP contribution in [0.2, 0.25) is 0 Å². The molecule has 0 radical (unpaired) electrons. The van der Waals surface area contributed by atoms with Crippen molar-refractivity contribution in [2.45, 2.75) is 6.92 Å². The highest BCUT2D eigenvalue weighted by atomic mass is 32.1. The first kappa shape index (κ1) is 11.1. The monoisotopic (exact) mass is 237 g/mol. The Morgan fingerprint density at radius 3 is 2.69 bits per heavy atom. The van der Waals surface area contributed by atoms with Gasteiger partial charge in [0.2, 0.25) is 5.95 Å². The molecule has 0 atom stereocenters. The highest BCUT2D eigenvalue weighted by Crippen LogP contribution is 2.29. The van der Waals surface area contributed by atoms with Crippen molar-refractivity contribution in [1.82, 2.24) is 15.0 Å². The van der Waals surface area contributed by atoms with E-state index in [0.717, 1.165) is 16.0 Å². The number of hydrogen-bond acceptors (Lipinski definition) is 6. The van der Waals surface area contributed by atoms with Gasteiger partial charge in [-0.1, -0.05) is 0 Å². The molecule has 0 fully saturated rings. The molecule has 0 aliphatic rings. The number of nitrogens with one attached hydrogen (secondary N) is 2. The van der Waals surface area contributed by atoms with Gasteiger partial charge >= 0.3 is 0 Å². The van der Waals surface area contributed by atoms with Crippen LogP contribution in [0.5, 0.6) is 0 Å². The van der Waals surface area contributed by atoms with E-state index in [-0.39, 0.29) is 0 Å². The zero-order chi connectivity index (χ0) is 11.7. The van der Waals surface area contributed by atoms with Gasteiger partial charge < -0.3 is 10.7 Å². The number of thiophene rings is 1. The van der Waals surface area contributed by atoms with Crippen LogP contribution in [0, 0.1) is 6.92 Å². The van der Waals surface area contributed by atoms with Gasteiger partial charge in [0.05, 0.1) is 5.39 Å². The number of nitrogens with zero attached hydrogens (tertiary/aromatic N) is 3. The first-order valence-electron chi connectivity index (χ1n) is 5.00. The van der Waals surface area contributed by atoms with Crippen molar-refractivity contribution in [3.8, 4) is 0 Å². The summed E-state index contributed by atoms with van der Waals surface area (Å²) in [6.45, 7) is 2.07. The van der Waals surface area contributed by atoms with Crippen LogP contribution in [-0.4, -0.2) is 36.1 Å². The summed E-state index contributed by atoms with van der Waals surface area (Å²) >= 11 is 1.67. The van der Waals surface area contributed by atoms with Crippen molar-refractivity contribution in [2.75, 3.05) is 31.9 Å². The molecule has 2 N–H and O–H groups in total. The Kier molecular flexibility index (Phi) is 2.93. The fourth-order valence-electron chi connectivity index (χ4n) is 1.45. The molecule has 0 spiro atoms. The molecule has 5 nitrogen and oxygen atoms in total.